The summed E-state index contributed by atoms with van der Waals surface area (Å²) in [6.45, 7) is 0.749. The van der Waals surface area contributed by atoms with Gasteiger partial charge in [0.2, 0.25) is 0 Å². The second kappa shape index (κ2) is 7.43. The molecular weight excluding hydrogens is 329 g/mol. The molecule has 24 heavy (non-hydrogen) atoms. The Morgan fingerprint density at radius 3 is 2.33 bits per heavy atom. The summed E-state index contributed by atoms with van der Waals surface area (Å²) in [4.78, 5) is 1.76. The van der Waals surface area contributed by atoms with Crippen molar-refractivity contribution in [2.24, 2.45) is 0 Å². The number of sulfonamides is 1. The maximum atomic E-state index is 13.5. The third-order valence-electron chi connectivity index (χ3n) is 3.44. The molecule has 0 saturated heterocycles. The van der Waals surface area contributed by atoms with Crippen LogP contribution in [0.5, 0.6) is 0 Å². The third kappa shape index (κ3) is 3.91. The summed E-state index contributed by atoms with van der Waals surface area (Å²) in [6.07, 6.45) is 0. The summed E-state index contributed by atoms with van der Waals surface area (Å²) in [5, 5.41) is 8.94. The first kappa shape index (κ1) is 17.9. The molecule has 0 radical (unpaired) electrons. The van der Waals surface area contributed by atoms with Crippen LogP contribution in [0, 0.1) is 17.1 Å². The molecule has 126 valence electrons. The van der Waals surface area contributed by atoms with Crippen LogP contribution in [0.4, 0.5) is 10.1 Å². The van der Waals surface area contributed by atoms with Gasteiger partial charge in [0.1, 0.15) is 11.9 Å². The second-order valence-corrected chi connectivity index (χ2v) is 7.33. The minimum absolute atomic E-state index is 0.108. The highest BCUT2D eigenvalue weighted by Gasteiger charge is 2.25. The van der Waals surface area contributed by atoms with Crippen molar-refractivity contribution in [3.05, 3.63) is 59.9 Å². The average Bonchev–Trinajstić information content (AvgIpc) is 2.55. The Kier molecular flexibility index (Phi) is 5.54. The van der Waals surface area contributed by atoms with Crippen LogP contribution in [-0.4, -0.2) is 40.5 Å². The van der Waals surface area contributed by atoms with E-state index in [9.17, 15) is 12.8 Å². The molecule has 2 rings (SSSR count). The Bertz CT molecular complexity index is 846. The maximum Gasteiger partial charge on any atom is 0.264 e. The minimum atomic E-state index is -3.91. The molecule has 7 heteroatoms. The molecule has 5 nitrogen and oxygen atoms in total. The lowest BCUT2D eigenvalue weighted by Crippen LogP contribution is -2.36. The fraction of sp³-hybridized carbons (Fsp3) is 0.235. The molecule has 0 bridgehead atoms. The molecular formula is C17H18FN3O2S. The number of para-hydroxylation sites is 1. The predicted molar refractivity (Wildman–Crippen MR) is 90.6 cm³/mol. The number of hydrogen-bond acceptors (Lipinski definition) is 4. The number of nitriles is 1. The second-order valence-electron chi connectivity index (χ2n) is 5.47. The van der Waals surface area contributed by atoms with Gasteiger partial charge in [-0.25, -0.2) is 12.8 Å². The third-order valence-corrected chi connectivity index (χ3v) is 5.26. The molecule has 0 saturated carbocycles. The van der Waals surface area contributed by atoms with E-state index in [2.05, 4.69) is 0 Å². The number of benzene rings is 2. The summed E-state index contributed by atoms with van der Waals surface area (Å²) in [7, 11) is -0.213. The van der Waals surface area contributed by atoms with Gasteiger partial charge in [0.15, 0.2) is 0 Å². The lowest BCUT2D eigenvalue weighted by Gasteiger charge is -2.26. The molecule has 0 aromatic heterocycles. The van der Waals surface area contributed by atoms with E-state index in [1.165, 1.54) is 10.4 Å². The van der Waals surface area contributed by atoms with E-state index >= 15 is 0 Å². The molecule has 0 aliphatic heterocycles. The fourth-order valence-electron chi connectivity index (χ4n) is 2.15. The summed E-state index contributed by atoms with van der Waals surface area (Å²) in [5.74, 6) is -0.740. The van der Waals surface area contributed by atoms with Crippen LogP contribution in [-0.2, 0) is 10.0 Å². The highest BCUT2D eigenvalue weighted by molar-refractivity contribution is 7.92. The summed E-state index contributed by atoms with van der Waals surface area (Å²) in [6, 6.07) is 13.6. The van der Waals surface area contributed by atoms with Crippen molar-refractivity contribution in [2.75, 3.05) is 31.5 Å². The quantitative estimate of drug-likeness (QED) is 0.805. The number of halogens is 1. The van der Waals surface area contributed by atoms with Gasteiger partial charge < -0.3 is 4.90 Å². The summed E-state index contributed by atoms with van der Waals surface area (Å²) in [5.41, 5.74) is 0.221. The highest BCUT2D eigenvalue weighted by atomic mass is 32.2. The van der Waals surface area contributed by atoms with E-state index in [0.717, 1.165) is 12.1 Å². The van der Waals surface area contributed by atoms with Crippen LogP contribution in [0.3, 0.4) is 0 Å². The van der Waals surface area contributed by atoms with E-state index < -0.39 is 15.8 Å². The van der Waals surface area contributed by atoms with Gasteiger partial charge in [-0.2, -0.15) is 5.26 Å². The Hall–Kier alpha value is -2.43. The van der Waals surface area contributed by atoms with Crippen LogP contribution in [0.25, 0.3) is 0 Å². The zero-order valence-electron chi connectivity index (χ0n) is 13.5. The normalized spacial score (nSPS) is 11.3. The smallest absolute Gasteiger partial charge is 0.264 e. The lowest BCUT2D eigenvalue weighted by atomic mass is 10.2. The van der Waals surface area contributed by atoms with Gasteiger partial charge in [-0.3, -0.25) is 4.31 Å². The Morgan fingerprint density at radius 2 is 1.75 bits per heavy atom. The molecule has 2 aromatic rings. The monoisotopic (exact) mass is 347 g/mol. The zero-order chi connectivity index (χ0) is 17.7. The first-order valence-electron chi connectivity index (χ1n) is 7.28. The van der Waals surface area contributed by atoms with Crippen molar-refractivity contribution in [3.8, 4) is 6.07 Å². The number of hydrogen-bond donors (Lipinski definition) is 0. The van der Waals surface area contributed by atoms with Crippen molar-refractivity contribution >= 4 is 15.7 Å². The SMILES string of the molecule is CN(C)CCN(c1ccccc1)S(=O)(=O)c1ccc(F)c(C#N)c1. The predicted octanol–water partition coefficient (Wildman–Crippen LogP) is 2.45. The van der Waals surface area contributed by atoms with E-state index in [0.29, 0.717) is 12.2 Å². The lowest BCUT2D eigenvalue weighted by molar-refractivity contribution is 0.419. The first-order valence-corrected chi connectivity index (χ1v) is 8.72. The van der Waals surface area contributed by atoms with E-state index in [1.54, 1.807) is 36.4 Å². The Labute approximate surface area is 141 Å². The largest absolute Gasteiger partial charge is 0.308 e. The standard InChI is InChI=1S/C17H18FN3O2S/c1-20(2)10-11-21(15-6-4-3-5-7-15)24(22,23)16-8-9-17(18)14(12-16)13-19/h3-9,12H,10-11H2,1-2H3. The summed E-state index contributed by atoms with van der Waals surface area (Å²) < 4.78 is 40.8. The maximum absolute atomic E-state index is 13.5. The van der Waals surface area contributed by atoms with Crippen LogP contribution in [0.2, 0.25) is 0 Å². The number of anilines is 1. The average molecular weight is 347 g/mol. The van der Waals surface area contributed by atoms with Crippen LogP contribution in [0.15, 0.2) is 53.4 Å². The van der Waals surface area contributed by atoms with Gasteiger partial charge in [0.05, 0.1) is 16.1 Å². The van der Waals surface area contributed by atoms with Crippen molar-refractivity contribution in [1.82, 2.24) is 4.90 Å². The van der Waals surface area contributed by atoms with Gasteiger partial charge in [0.25, 0.3) is 10.0 Å². The Balaban J connectivity index is 2.49. The molecule has 2 aromatic carbocycles. The molecule has 0 atom stereocenters. The molecule has 0 aliphatic carbocycles. The number of rotatable bonds is 6. The van der Waals surface area contributed by atoms with E-state index in [4.69, 9.17) is 5.26 Å². The van der Waals surface area contributed by atoms with Gasteiger partial charge in [-0.15, -0.1) is 0 Å². The van der Waals surface area contributed by atoms with Gasteiger partial charge in [0, 0.05) is 13.1 Å². The van der Waals surface area contributed by atoms with Gasteiger partial charge in [-0.05, 0) is 44.4 Å². The summed E-state index contributed by atoms with van der Waals surface area (Å²) >= 11 is 0. The van der Waals surface area contributed by atoms with E-state index in [-0.39, 0.29) is 17.0 Å². The van der Waals surface area contributed by atoms with Gasteiger partial charge in [-0.1, -0.05) is 18.2 Å². The molecule has 0 heterocycles. The van der Waals surface area contributed by atoms with Gasteiger partial charge >= 0.3 is 0 Å². The highest BCUT2D eigenvalue weighted by Crippen LogP contribution is 2.24. The Morgan fingerprint density at radius 1 is 1.08 bits per heavy atom. The number of likely N-dealkylation sites (N-methyl/N-ethyl adjacent to an activating group) is 1. The molecule has 0 spiro atoms. The molecule has 0 aliphatic rings. The topological polar surface area (TPSA) is 64.4 Å². The first-order chi connectivity index (χ1) is 11.4. The minimum Gasteiger partial charge on any atom is -0.308 e. The van der Waals surface area contributed by atoms with Crippen molar-refractivity contribution in [2.45, 2.75) is 4.90 Å². The van der Waals surface area contributed by atoms with Crippen LogP contribution >= 0.6 is 0 Å². The molecule has 0 unspecified atom stereocenters. The zero-order valence-corrected chi connectivity index (χ0v) is 14.3. The number of nitrogens with zero attached hydrogens (tertiary/aromatic N) is 3. The van der Waals surface area contributed by atoms with Crippen molar-refractivity contribution < 1.29 is 12.8 Å². The fourth-order valence-corrected chi connectivity index (χ4v) is 3.63. The molecule has 0 amide bonds. The van der Waals surface area contributed by atoms with Crippen LogP contribution in [0.1, 0.15) is 5.56 Å². The molecule has 0 fully saturated rings. The van der Waals surface area contributed by atoms with Crippen LogP contribution < -0.4 is 4.31 Å². The molecule has 0 N–H and O–H groups in total. The van der Waals surface area contributed by atoms with E-state index in [1.807, 2.05) is 19.0 Å². The van der Waals surface area contributed by atoms with Crippen molar-refractivity contribution in [1.29, 1.82) is 5.26 Å². The van der Waals surface area contributed by atoms with Crippen molar-refractivity contribution in [3.63, 3.8) is 0 Å².